The molecule has 1 N–H and O–H groups in total. The lowest BCUT2D eigenvalue weighted by Crippen LogP contribution is -2.56. The highest BCUT2D eigenvalue weighted by molar-refractivity contribution is 7.92. The molecule has 0 aliphatic carbocycles. The molecule has 4 aromatic carbocycles. The van der Waals surface area contributed by atoms with Crippen LogP contribution in [0, 0.1) is 13.8 Å². The number of rotatable bonds is 12. The second kappa shape index (κ2) is 14.6. The van der Waals surface area contributed by atoms with E-state index in [4.69, 9.17) is 4.74 Å². The van der Waals surface area contributed by atoms with Gasteiger partial charge in [0, 0.05) is 24.6 Å². The average Bonchev–Trinajstić information content (AvgIpc) is 3.02. The van der Waals surface area contributed by atoms with E-state index < -0.39 is 34.1 Å². The fraction of sp³-hybridized carbons (Fsp3) is 0.297. The van der Waals surface area contributed by atoms with Gasteiger partial charge in [0.15, 0.2) is 0 Å². The third-order valence-corrected chi connectivity index (χ3v) is 9.39. The monoisotopic (exact) mass is 641 g/mol. The van der Waals surface area contributed by atoms with Crippen LogP contribution in [0.15, 0.2) is 108 Å². The van der Waals surface area contributed by atoms with Gasteiger partial charge in [0.1, 0.15) is 18.3 Å². The Balaban J connectivity index is 1.84. The van der Waals surface area contributed by atoms with E-state index >= 15 is 0 Å². The van der Waals surface area contributed by atoms with Gasteiger partial charge in [0.25, 0.3) is 10.0 Å². The summed E-state index contributed by atoms with van der Waals surface area (Å²) in [5.74, 6) is -0.406. The van der Waals surface area contributed by atoms with Crippen molar-refractivity contribution in [2.24, 2.45) is 0 Å². The third kappa shape index (κ3) is 8.75. The zero-order valence-electron chi connectivity index (χ0n) is 27.4. The lowest BCUT2D eigenvalue weighted by molar-refractivity contribution is -0.140. The highest BCUT2D eigenvalue weighted by atomic mass is 32.2. The van der Waals surface area contributed by atoms with Crippen molar-refractivity contribution >= 4 is 27.5 Å². The fourth-order valence-corrected chi connectivity index (χ4v) is 6.52. The van der Waals surface area contributed by atoms with Gasteiger partial charge in [0.05, 0.1) is 17.7 Å². The maximum Gasteiger partial charge on any atom is 0.264 e. The molecule has 0 aliphatic heterocycles. The Hall–Kier alpha value is -4.63. The predicted octanol–water partition coefficient (Wildman–Crippen LogP) is 6.06. The summed E-state index contributed by atoms with van der Waals surface area (Å²) in [6.07, 6.45) is 0.240. The first-order valence-electron chi connectivity index (χ1n) is 15.2. The van der Waals surface area contributed by atoms with Gasteiger partial charge in [-0.15, -0.1) is 0 Å². The Morgan fingerprint density at radius 3 is 2.13 bits per heavy atom. The number of anilines is 1. The number of sulfonamides is 1. The van der Waals surface area contributed by atoms with Gasteiger partial charge < -0.3 is 15.0 Å². The Bertz CT molecular complexity index is 1750. The summed E-state index contributed by atoms with van der Waals surface area (Å²) >= 11 is 0. The van der Waals surface area contributed by atoms with E-state index in [2.05, 4.69) is 5.32 Å². The quantitative estimate of drug-likeness (QED) is 0.203. The van der Waals surface area contributed by atoms with Crippen molar-refractivity contribution in [1.82, 2.24) is 10.2 Å². The molecule has 9 heteroatoms. The largest absolute Gasteiger partial charge is 0.497 e. The summed E-state index contributed by atoms with van der Waals surface area (Å²) in [6, 6.07) is 29.3. The Kier molecular flexibility index (Phi) is 10.9. The molecule has 0 saturated carbocycles. The van der Waals surface area contributed by atoms with Crippen molar-refractivity contribution in [3.8, 4) is 5.75 Å². The number of hydrogen-bond acceptors (Lipinski definition) is 5. The van der Waals surface area contributed by atoms with Gasteiger partial charge in [0.2, 0.25) is 11.8 Å². The zero-order valence-corrected chi connectivity index (χ0v) is 28.2. The van der Waals surface area contributed by atoms with Crippen LogP contribution in [-0.4, -0.2) is 50.4 Å². The van der Waals surface area contributed by atoms with Gasteiger partial charge in [-0.25, -0.2) is 8.42 Å². The van der Waals surface area contributed by atoms with Crippen LogP contribution in [0.25, 0.3) is 0 Å². The van der Waals surface area contributed by atoms with E-state index in [1.165, 1.54) is 24.1 Å². The van der Waals surface area contributed by atoms with Crippen molar-refractivity contribution in [2.75, 3.05) is 18.0 Å². The molecule has 4 rings (SSSR count). The standard InChI is InChI=1S/C37H43N3O5S/c1-27-19-21-33(22-20-27)46(43,44)40(31-17-12-18-32(24-31)45-6)26-35(41)39(25-30-16-11-10-13-28(30)2)34(36(42)38-37(3,4)5)23-29-14-8-7-9-15-29/h7-22,24,34H,23,25-26H2,1-6H3,(H,38,42). The molecule has 0 aromatic heterocycles. The average molecular weight is 642 g/mol. The molecular weight excluding hydrogens is 598 g/mol. The van der Waals surface area contributed by atoms with Crippen LogP contribution >= 0.6 is 0 Å². The van der Waals surface area contributed by atoms with E-state index in [1.54, 1.807) is 36.4 Å². The molecule has 0 heterocycles. The smallest absolute Gasteiger partial charge is 0.264 e. The number of carbonyl (C=O) groups excluding carboxylic acids is 2. The first-order chi connectivity index (χ1) is 21.8. The summed E-state index contributed by atoms with van der Waals surface area (Å²) in [6.45, 7) is 9.05. The molecule has 4 aromatic rings. The molecule has 0 fully saturated rings. The first-order valence-corrected chi connectivity index (χ1v) is 16.7. The normalized spacial score (nSPS) is 12.2. The van der Waals surface area contributed by atoms with E-state index in [0.29, 0.717) is 5.75 Å². The number of nitrogens with zero attached hydrogens (tertiary/aromatic N) is 2. The molecule has 0 aliphatic rings. The second-order valence-corrected chi connectivity index (χ2v) is 14.3. The molecule has 2 amide bonds. The van der Waals surface area contributed by atoms with Crippen LogP contribution in [0.2, 0.25) is 0 Å². The Labute approximate surface area is 273 Å². The number of benzene rings is 4. The number of carbonyl (C=O) groups is 2. The lowest BCUT2D eigenvalue weighted by Gasteiger charge is -2.35. The van der Waals surface area contributed by atoms with E-state index in [1.807, 2.05) is 89.2 Å². The van der Waals surface area contributed by atoms with Crippen LogP contribution in [0.3, 0.4) is 0 Å². The molecule has 0 bridgehead atoms. The fourth-order valence-electron chi connectivity index (χ4n) is 5.11. The predicted molar refractivity (Wildman–Crippen MR) is 182 cm³/mol. The van der Waals surface area contributed by atoms with Crippen LogP contribution in [0.4, 0.5) is 5.69 Å². The molecule has 46 heavy (non-hydrogen) atoms. The zero-order chi connectivity index (χ0) is 33.5. The molecule has 8 nitrogen and oxygen atoms in total. The van der Waals surface area contributed by atoms with Crippen LogP contribution in [-0.2, 0) is 32.6 Å². The number of amides is 2. The summed E-state index contributed by atoms with van der Waals surface area (Å²) in [4.78, 5) is 30.2. The van der Waals surface area contributed by atoms with E-state index in [9.17, 15) is 18.0 Å². The molecule has 1 unspecified atom stereocenters. The summed E-state index contributed by atoms with van der Waals surface area (Å²) in [5, 5.41) is 3.06. The molecule has 242 valence electrons. The maximum atomic E-state index is 14.6. The number of methoxy groups -OCH3 is 1. The first kappa shape index (κ1) is 34.2. The van der Waals surface area contributed by atoms with Crippen molar-refractivity contribution in [3.63, 3.8) is 0 Å². The van der Waals surface area contributed by atoms with Gasteiger partial charge in [-0.3, -0.25) is 13.9 Å². The molecular formula is C37H43N3O5S. The van der Waals surface area contributed by atoms with Crippen LogP contribution < -0.4 is 14.4 Å². The van der Waals surface area contributed by atoms with Crippen molar-refractivity contribution in [2.45, 2.75) is 64.1 Å². The number of nitrogens with one attached hydrogen (secondary N) is 1. The van der Waals surface area contributed by atoms with Crippen molar-refractivity contribution in [3.05, 3.63) is 125 Å². The minimum Gasteiger partial charge on any atom is -0.497 e. The second-order valence-electron chi connectivity index (χ2n) is 12.4. The highest BCUT2D eigenvalue weighted by Crippen LogP contribution is 2.28. The number of aryl methyl sites for hydroxylation is 2. The molecule has 0 saturated heterocycles. The number of ether oxygens (including phenoxy) is 1. The number of hydrogen-bond donors (Lipinski definition) is 1. The van der Waals surface area contributed by atoms with Crippen LogP contribution in [0.1, 0.15) is 43.0 Å². The Morgan fingerprint density at radius 2 is 1.50 bits per heavy atom. The summed E-state index contributed by atoms with van der Waals surface area (Å²) in [7, 11) is -2.71. The van der Waals surface area contributed by atoms with Gasteiger partial charge in [-0.1, -0.05) is 78.4 Å². The minimum absolute atomic E-state index is 0.0467. The van der Waals surface area contributed by atoms with Gasteiger partial charge in [-0.2, -0.15) is 0 Å². The highest BCUT2D eigenvalue weighted by Gasteiger charge is 2.36. The van der Waals surface area contributed by atoms with E-state index in [0.717, 1.165) is 26.6 Å². The topological polar surface area (TPSA) is 96.0 Å². The summed E-state index contributed by atoms with van der Waals surface area (Å²) < 4.78 is 35.0. The third-order valence-electron chi connectivity index (χ3n) is 7.60. The van der Waals surface area contributed by atoms with Crippen molar-refractivity contribution in [1.29, 1.82) is 0 Å². The summed E-state index contributed by atoms with van der Waals surface area (Å²) in [5.41, 5.74) is 3.28. The van der Waals surface area contributed by atoms with Gasteiger partial charge in [-0.05, 0) is 75.6 Å². The van der Waals surface area contributed by atoms with Gasteiger partial charge >= 0.3 is 0 Å². The maximum absolute atomic E-state index is 14.6. The lowest BCUT2D eigenvalue weighted by atomic mass is 10.00. The Morgan fingerprint density at radius 1 is 0.848 bits per heavy atom. The molecule has 0 spiro atoms. The van der Waals surface area contributed by atoms with Crippen molar-refractivity contribution < 1.29 is 22.7 Å². The van der Waals surface area contributed by atoms with Crippen LogP contribution in [0.5, 0.6) is 5.75 Å². The van der Waals surface area contributed by atoms with E-state index in [-0.39, 0.29) is 29.5 Å². The SMILES string of the molecule is COc1cccc(N(CC(=O)N(Cc2ccccc2C)C(Cc2ccccc2)C(=O)NC(C)(C)C)S(=O)(=O)c2ccc(C)cc2)c1. The molecule has 1 atom stereocenters. The molecule has 0 radical (unpaired) electrons. The minimum atomic E-state index is -4.21.